The molecule has 0 saturated heterocycles. The second-order valence-corrected chi connectivity index (χ2v) is 13.6. The maximum Gasteiger partial charge on any atom is 0.226 e. The molecule has 34 heavy (non-hydrogen) atoms. The third kappa shape index (κ3) is 4.06. The van der Waals surface area contributed by atoms with Crippen molar-refractivity contribution in [1.82, 2.24) is 4.98 Å². The fourth-order valence-electron chi connectivity index (χ4n) is 9.31. The highest BCUT2D eigenvalue weighted by molar-refractivity contribution is 7.13. The Bertz CT molecular complexity index is 904. The Morgan fingerprint density at radius 1 is 1.18 bits per heavy atom. The van der Waals surface area contributed by atoms with Crippen molar-refractivity contribution in [1.29, 1.82) is 0 Å². The molecule has 6 heteroatoms. The molecule has 1 aromatic heterocycles. The number of carbonyl (C=O) groups is 1. The molecule has 5 rings (SSSR count). The van der Waals surface area contributed by atoms with Crippen LogP contribution in [0.25, 0.3) is 0 Å². The largest absolute Gasteiger partial charge is 0.393 e. The minimum absolute atomic E-state index is 0.0408. The number of hydrogen-bond donors (Lipinski definition) is 3. The maximum absolute atomic E-state index is 12.5. The normalized spacial score (nSPS) is 44.6. The zero-order valence-electron chi connectivity index (χ0n) is 21.4. The first kappa shape index (κ1) is 24.7. The van der Waals surface area contributed by atoms with Crippen LogP contribution in [0.2, 0.25) is 0 Å². The predicted octanol–water partition coefficient (Wildman–Crippen LogP) is 5.80. The first-order valence-electron chi connectivity index (χ1n) is 13.7. The standard InChI is InChI=1S/C28H44N2O3S/c1-16(5-10-25(33)30-26-29-17(2)15-34-26)21-8-9-22-20-7-6-18-13-19(31)11-12-27(18,3)23(20)14-24(32)28(21,22)4/h15-16,18-24,31-32H,5-14H2,1-4H3,(H,29,30,33)/t16-,18-,19-,20+,21-,22+,23+,24+,27+,28-/m1/s1. The number of nitrogens with zero attached hydrogens (tertiary/aromatic N) is 1. The lowest BCUT2D eigenvalue weighted by Crippen LogP contribution is -2.58. The van der Waals surface area contributed by atoms with Crippen LogP contribution in [0.3, 0.4) is 0 Å². The lowest BCUT2D eigenvalue weighted by atomic mass is 9.43. The summed E-state index contributed by atoms with van der Waals surface area (Å²) in [6.07, 6.45) is 9.82. The highest BCUT2D eigenvalue weighted by Crippen LogP contribution is 2.68. The van der Waals surface area contributed by atoms with Crippen molar-refractivity contribution >= 4 is 22.4 Å². The molecule has 3 N–H and O–H groups in total. The second-order valence-electron chi connectivity index (χ2n) is 12.7. The number of hydrogen-bond acceptors (Lipinski definition) is 5. The van der Waals surface area contributed by atoms with E-state index in [0.717, 1.165) is 37.8 Å². The van der Waals surface area contributed by atoms with Crippen LogP contribution in [0.1, 0.15) is 90.7 Å². The predicted molar refractivity (Wildman–Crippen MR) is 136 cm³/mol. The number of aliphatic hydroxyl groups is 2. The summed E-state index contributed by atoms with van der Waals surface area (Å²) >= 11 is 1.48. The van der Waals surface area contributed by atoms with Crippen molar-refractivity contribution in [3.8, 4) is 0 Å². The summed E-state index contributed by atoms with van der Waals surface area (Å²) in [5, 5.41) is 27.6. The number of aryl methyl sites for hydroxylation is 1. The Morgan fingerprint density at radius 2 is 1.97 bits per heavy atom. The van der Waals surface area contributed by atoms with E-state index in [4.69, 9.17) is 0 Å². The van der Waals surface area contributed by atoms with E-state index in [1.807, 2.05) is 12.3 Å². The van der Waals surface area contributed by atoms with Crippen molar-refractivity contribution in [2.45, 2.75) is 104 Å². The van der Waals surface area contributed by atoms with Gasteiger partial charge in [-0.05, 0) is 111 Å². The highest BCUT2D eigenvalue weighted by atomic mass is 32.1. The van der Waals surface area contributed by atoms with Gasteiger partial charge in [0.2, 0.25) is 5.91 Å². The van der Waals surface area contributed by atoms with Crippen molar-refractivity contribution in [2.75, 3.05) is 5.32 Å². The van der Waals surface area contributed by atoms with E-state index in [1.54, 1.807) is 0 Å². The van der Waals surface area contributed by atoms with Crippen LogP contribution in [0.4, 0.5) is 5.13 Å². The van der Waals surface area contributed by atoms with Gasteiger partial charge in [0.15, 0.2) is 5.13 Å². The lowest BCUT2D eigenvalue weighted by molar-refractivity contribution is -0.174. The maximum atomic E-state index is 12.5. The molecule has 1 heterocycles. The molecule has 4 fully saturated rings. The Morgan fingerprint density at radius 3 is 2.71 bits per heavy atom. The Kier molecular flexibility index (Phi) is 6.65. The monoisotopic (exact) mass is 488 g/mol. The molecule has 10 atom stereocenters. The van der Waals surface area contributed by atoms with Gasteiger partial charge in [0.1, 0.15) is 0 Å². The Balaban J connectivity index is 1.26. The van der Waals surface area contributed by atoms with Gasteiger partial charge in [0.05, 0.1) is 17.9 Å². The Hall–Kier alpha value is -0.980. The zero-order chi connectivity index (χ0) is 24.3. The average molecular weight is 489 g/mol. The first-order valence-corrected chi connectivity index (χ1v) is 14.6. The molecule has 0 spiro atoms. The highest BCUT2D eigenvalue weighted by Gasteiger charge is 2.63. The molecular weight excluding hydrogens is 444 g/mol. The second kappa shape index (κ2) is 9.15. The van der Waals surface area contributed by atoms with Crippen LogP contribution in [-0.2, 0) is 4.79 Å². The molecule has 0 bridgehead atoms. The molecule has 4 saturated carbocycles. The smallest absolute Gasteiger partial charge is 0.226 e. The van der Waals surface area contributed by atoms with Gasteiger partial charge in [0, 0.05) is 11.8 Å². The number of rotatable bonds is 5. The molecule has 0 radical (unpaired) electrons. The van der Waals surface area contributed by atoms with Crippen molar-refractivity contribution in [3.05, 3.63) is 11.1 Å². The molecule has 4 aliphatic carbocycles. The molecule has 0 unspecified atom stereocenters. The average Bonchev–Trinajstić information content (AvgIpc) is 3.36. The van der Waals surface area contributed by atoms with E-state index >= 15 is 0 Å². The fourth-order valence-corrected chi connectivity index (χ4v) is 10.0. The number of carbonyl (C=O) groups excluding carboxylic acids is 1. The number of nitrogens with one attached hydrogen (secondary N) is 1. The Labute approximate surface area is 209 Å². The summed E-state index contributed by atoms with van der Waals surface area (Å²) in [6, 6.07) is 0. The van der Waals surface area contributed by atoms with E-state index in [9.17, 15) is 15.0 Å². The van der Waals surface area contributed by atoms with Crippen molar-refractivity contribution < 1.29 is 15.0 Å². The molecule has 1 aromatic rings. The van der Waals surface area contributed by atoms with Gasteiger partial charge in [-0.3, -0.25) is 4.79 Å². The molecule has 5 nitrogen and oxygen atoms in total. The van der Waals surface area contributed by atoms with Crippen molar-refractivity contribution in [3.63, 3.8) is 0 Å². The number of aliphatic hydroxyl groups excluding tert-OH is 2. The summed E-state index contributed by atoms with van der Waals surface area (Å²) in [6.45, 7) is 9.10. The molecule has 1 amide bonds. The van der Waals surface area contributed by atoms with Gasteiger partial charge in [-0.1, -0.05) is 20.8 Å². The number of fused-ring (bicyclic) bond motifs is 5. The molecule has 0 aliphatic heterocycles. The van der Waals surface area contributed by atoms with Crippen LogP contribution in [-0.4, -0.2) is 33.3 Å². The molecule has 190 valence electrons. The number of aromatic nitrogens is 1. The van der Waals surface area contributed by atoms with E-state index in [1.165, 1.54) is 37.0 Å². The first-order chi connectivity index (χ1) is 16.1. The molecule has 0 aromatic carbocycles. The lowest BCUT2D eigenvalue weighted by Gasteiger charge is -2.62. The van der Waals surface area contributed by atoms with E-state index in [-0.39, 0.29) is 28.9 Å². The van der Waals surface area contributed by atoms with Crippen LogP contribution >= 0.6 is 11.3 Å². The third-order valence-electron chi connectivity index (χ3n) is 11.2. The van der Waals surface area contributed by atoms with Gasteiger partial charge < -0.3 is 15.5 Å². The molecule has 4 aliphatic rings. The number of amides is 1. The summed E-state index contributed by atoms with van der Waals surface area (Å²) in [7, 11) is 0. The summed E-state index contributed by atoms with van der Waals surface area (Å²) in [5.41, 5.74) is 1.18. The van der Waals surface area contributed by atoms with Crippen LogP contribution in [0.15, 0.2) is 5.38 Å². The summed E-state index contributed by atoms with van der Waals surface area (Å²) < 4.78 is 0. The van der Waals surface area contributed by atoms with Gasteiger partial charge in [-0.2, -0.15) is 0 Å². The van der Waals surface area contributed by atoms with Crippen LogP contribution in [0.5, 0.6) is 0 Å². The van der Waals surface area contributed by atoms with Crippen LogP contribution < -0.4 is 5.32 Å². The van der Waals surface area contributed by atoms with Gasteiger partial charge in [-0.15, -0.1) is 11.3 Å². The van der Waals surface area contributed by atoms with E-state index in [2.05, 4.69) is 31.1 Å². The number of anilines is 1. The van der Waals surface area contributed by atoms with Crippen LogP contribution in [0, 0.1) is 53.3 Å². The van der Waals surface area contributed by atoms with Crippen molar-refractivity contribution in [2.24, 2.45) is 46.3 Å². The van der Waals surface area contributed by atoms with E-state index < -0.39 is 0 Å². The quantitative estimate of drug-likeness (QED) is 0.489. The van der Waals surface area contributed by atoms with Gasteiger partial charge in [0.25, 0.3) is 0 Å². The third-order valence-corrected chi connectivity index (χ3v) is 12.1. The van der Waals surface area contributed by atoms with Gasteiger partial charge in [-0.25, -0.2) is 4.98 Å². The summed E-state index contributed by atoms with van der Waals surface area (Å²) in [4.78, 5) is 16.9. The SMILES string of the molecule is Cc1csc(NC(=O)CC[C@@H](C)[C@H]2CC[C@H]3[C@@H]4CC[C@@H]5C[C@H](O)CC[C@]5(C)[C@H]4C[C@H](O)[C@]23C)n1. The molecular formula is C28H44N2O3S. The van der Waals surface area contributed by atoms with Gasteiger partial charge >= 0.3 is 0 Å². The minimum Gasteiger partial charge on any atom is -0.393 e. The fraction of sp³-hybridized carbons (Fsp3) is 0.857. The number of thiazole rings is 1. The topological polar surface area (TPSA) is 82.5 Å². The zero-order valence-corrected chi connectivity index (χ0v) is 22.2. The summed E-state index contributed by atoms with van der Waals surface area (Å²) in [5.74, 6) is 3.45. The van der Waals surface area contributed by atoms with E-state index in [0.29, 0.717) is 47.1 Å². The minimum atomic E-state index is -0.261.